The molecule has 0 fully saturated rings. The summed E-state index contributed by atoms with van der Waals surface area (Å²) in [6, 6.07) is 3.95. The van der Waals surface area contributed by atoms with E-state index in [0.717, 1.165) is 24.5 Å². The van der Waals surface area contributed by atoms with Gasteiger partial charge in [-0.15, -0.1) is 24.0 Å². The minimum absolute atomic E-state index is 0. The van der Waals surface area contributed by atoms with Gasteiger partial charge in [-0.25, -0.2) is 9.98 Å². The Hall–Kier alpha value is -1.05. The molecule has 0 atom stereocenters. The standard InChI is InChI=1S/C13H23N5.HI/c1-5-18(6-2)13(14)16-10-11-8-7-9-15-12(11)17(3)4;/h7-9H,5-6,10H2,1-4H3,(H2,14,16);1H. The molecule has 0 bridgehead atoms. The first-order chi connectivity index (χ1) is 8.60. The van der Waals surface area contributed by atoms with Crippen molar-refractivity contribution in [3.8, 4) is 0 Å². The normalized spacial score (nSPS) is 10.8. The van der Waals surface area contributed by atoms with Crippen LogP contribution in [0.3, 0.4) is 0 Å². The highest BCUT2D eigenvalue weighted by Gasteiger charge is 2.06. The van der Waals surface area contributed by atoms with Crippen molar-refractivity contribution in [2.75, 3.05) is 32.1 Å². The number of nitrogens with two attached hydrogens (primary N) is 1. The third kappa shape index (κ3) is 5.22. The lowest BCUT2D eigenvalue weighted by Crippen LogP contribution is -2.37. The van der Waals surface area contributed by atoms with Gasteiger partial charge in [0.2, 0.25) is 0 Å². The number of aliphatic imine (C=N–C) groups is 1. The summed E-state index contributed by atoms with van der Waals surface area (Å²) in [6.45, 7) is 6.45. The van der Waals surface area contributed by atoms with E-state index in [1.165, 1.54) is 0 Å². The third-order valence-corrected chi connectivity index (χ3v) is 2.79. The molecule has 0 aliphatic rings. The Morgan fingerprint density at radius 3 is 2.47 bits per heavy atom. The molecule has 2 N–H and O–H groups in total. The van der Waals surface area contributed by atoms with Gasteiger partial charge in [-0.05, 0) is 19.9 Å². The molecule has 0 aliphatic heterocycles. The van der Waals surface area contributed by atoms with Crippen molar-refractivity contribution >= 4 is 35.8 Å². The molecule has 1 aromatic heterocycles. The highest BCUT2D eigenvalue weighted by atomic mass is 127. The second-order valence-electron chi connectivity index (χ2n) is 4.23. The SMILES string of the molecule is CCN(CC)C(N)=NCc1cccnc1N(C)C.I. The fraction of sp³-hybridized carbons (Fsp3) is 0.538. The van der Waals surface area contributed by atoms with Crippen LogP contribution in [0.25, 0.3) is 0 Å². The van der Waals surface area contributed by atoms with Gasteiger partial charge in [0.05, 0.1) is 6.54 Å². The Morgan fingerprint density at radius 1 is 1.32 bits per heavy atom. The van der Waals surface area contributed by atoms with Crippen LogP contribution < -0.4 is 10.6 Å². The molecule has 0 aromatic carbocycles. The Kier molecular flexibility index (Phi) is 8.46. The zero-order chi connectivity index (χ0) is 13.5. The lowest BCUT2D eigenvalue weighted by molar-refractivity contribution is 0.458. The van der Waals surface area contributed by atoms with Gasteiger partial charge < -0.3 is 15.5 Å². The van der Waals surface area contributed by atoms with Gasteiger partial charge in [0.1, 0.15) is 5.82 Å². The Bertz CT molecular complexity index is 402. The molecule has 0 amide bonds. The maximum atomic E-state index is 5.95. The van der Waals surface area contributed by atoms with Gasteiger partial charge >= 0.3 is 0 Å². The van der Waals surface area contributed by atoms with Crippen LogP contribution in [0, 0.1) is 0 Å². The largest absolute Gasteiger partial charge is 0.370 e. The number of hydrogen-bond donors (Lipinski definition) is 1. The molecule has 1 rings (SSSR count). The van der Waals surface area contributed by atoms with E-state index in [0.29, 0.717) is 12.5 Å². The van der Waals surface area contributed by atoms with Crippen molar-refractivity contribution in [1.29, 1.82) is 0 Å². The summed E-state index contributed by atoms with van der Waals surface area (Å²) in [5.74, 6) is 1.53. The zero-order valence-corrected chi connectivity index (χ0v) is 14.5. The second-order valence-corrected chi connectivity index (χ2v) is 4.23. The van der Waals surface area contributed by atoms with E-state index in [4.69, 9.17) is 5.73 Å². The second kappa shape index (κ2) is 8.95. The predicted molar refractivity (Wildman–Crippen MR) is 92.2 cm³/mol. The summed E-state index contributed by atoms with van der Waals surface area (Å²) in [5, 5.41) is 0. The number of hydrogen-bond acceptors (Lipinski definition) is 3. The minimum atomic E-state index is 0. The topological polar surface area (TPSA) is 57.8 Å². The van der Waals surface area contributed by atoms with Crippen LogP contribution in [0.15, 0.2) is 23.3 Å². The van der Waals surface area contributed by atoms with Crippen molar-refractivity contribution in [3.63, 3.8) is 0 Å². The van der Waals surface area contributed by atoms with Crippen LogP contribution >= 0.6 is 24.0 Å². The molecule has 0 saturated heterocycles. The number of nitrogens with zero attached hydrogens (tertiary/aromatic N) is 4. The summed E-state index contributed by atoms with van der Waals surface area (Å²) in [6.07, 6.45) is 1.79. The van der Waals surface area contributed by atoms with Gasteiger partial charge in [0.15, 0.2) is 5.96 Å². The average molecular weight is 377 g/mol. The molecule has 1 heterocycles. The highest BCUT2D eigenvalue weighted by molar-refractivity contribution is 14.0. The number of halogens is 1. The van der Waals surface area contributed by atoms with E-state index >= 15 is 0 Å². The van der Waals surface area contributed by atoms with Crippen molar-refractivity contribution < 1.29 is 0 Å². The van der Waals surface area contributed by atoms with Gasteiger partial charge in [-0.2, -0.15) is 0 Å². The molecule has 6 heteroatoms. The van der Waals surface area contributed by atoms with E-state index in [9.17, 15) is 0 Å². The number of anilines is 1. The molecule has 0 aliphatic carbocycles. The lowest BCUT2D eigenvalue weighted by atomic mass is 10.2. The quantitative estimate of drug-likeness (QED) is 0.484. The maximum absolute atomic E-state index is 5.95. The first-order valence-electron chi connectivity index (χ1n) is 6.26. The molecule has 108 valence electrons. The predicted octanol–water partition coefficient (Wildman–Crippen LogP) is 1.92. The average Bonchev–Trinajstić information content (AvgIpc) is 2.38. The van der Waals surface area contributed by atoms with Crippen molar-refractivity contribution in [3.05, 3.63) is 23.9 Å². The van der Waals surface area contributed by atoms with Crippen LogP contribution in [0.4, 0.5) is 5.82 Å². The fourth-order valence-electron chi connectivity index (χ4n) is 1.77. The van der Waals surface area contributed by atoms with E-state index < -0.39 is 0 Å². The number of guanidine groups is 1. The molecule has 0 saturated carbocycles. The van der Waals surface area contributed by atoms with E-state index in [2.05, 4.69) is 23.8 Å². The van der Waals surface area contributed by atoms with Crippen molar-refractivity contribution in [1.82, 2.24) is 9.88 Å². The smallest absolute Gasteiger partial charge is 0.191 e. The van der Waals surface area contributed by atoms with E-state index in [-0.39, 0.29) is 24.0 Å². The molecular formula is C13H24IN5. The Labute approximate surface area is 132 Å². The van der Waals surface area contributed by atoms with E-state index in [1.54, 1.807) is 6.20 Å². The summed E-state index contributed by atoms with van der Waals surface area (Å²) in [5.41, 5.74) is 7.04. The molecule has 0 spiro atoms. The molecule has 19 heavy (non-hydrogen) atoms. The van der Waals surface area contributed by atoms with Crippen LogP contribution in [0.1, 0.15) is 19.4 Å². The zero-order valence-electron chi connectivity index (χ0n) is 12.1. The minimum Gasteiger partial charge on any atom is -0.370 e. The fourth-order valence-corrected chi connectivity index (χ4v) is 1.77. The Morgan fingerprint density at radius 2 is 1.95 bits per heavy atom. The van der Waals surface area contributed by atoms with E-state index in [1.807, 2.05) is 36.0 Å². The van der Waals surface area contributed by atoms with Gasteiger partial charge in [-0.3, -0.25) is 0 Å². The highest BCUT2D eigenvalue weighted by Crippen LogP contribution is 2.15. The molecule has 1 aromatic rings. The molecule has 5 nitrogen and oxygen atoms in total. The van der Waals surface area contributed by atoms with Crippen molar-refractivity contribution in [2.45, 2.75) is 20.4 Å². The van der Waals surface area contributed by atoms with Gasteiger partial charge in [0.25, 0.3) is 0 Å². The summed E-state index contributed by atoms with van der Waals surface area (Å²) >= 11 is 0. The molecule has 0 unspecified atom stereocenters. The number of rotatable bonds is 5. The first-order valence-corrected chi connectivity index (χ1v) is 6.26. The van der Waals surface area contributed by atoms with Gasteiger partial charge in [-0.1, -0.05) is 6.07 Å². The molecular weight excluding hydrogens is 353 g/mol. The summed E-state index contributed by atoms with van der Waals surface area (Å²) < 4.78 is 0. The van der Waals surface area contributed by atoms with Crippen LogP contribution in [0.5, 0.6) is 0 Å². The van der Waals surface area contributed by atoms with Crippen LogP contribution in [-0.2, 0) is 6.54 Å². The van der Waals surface area contributed by atoms with Gasteiger partial charge in [0, 0.05) is 38.9 Å². The van der Waals surface area contributed by atoms with Crippen LogP contribution in [-0.4, -0.2) is 43.0 Å². The summed E-state index contributed by atoms with van der Waals surface area (Å²) in [4.78, 5) is 12.8. The van der Waals surface area contributed by atoms with Crippen LogP contribution in [0.2, 0.25) is 0 Å². The monoisotopic (exact) mass is 377 g/mol. The summed E-state index contributed by atoms with van der Waals surface area (Å²) in [7, 11) is 3.95. The number of pyridine rings is 1. The third-order valence-electron chi connectivity index (χ3n) is 2.79. The Balaban J connectivity index is 0.00000324. The van der Waals surface area contributed by atoms with Crippen molar-refractivity contribution in [2.24, 2.45) is 10.7 Å². The maximum Gasteiger partial charge on any atom is 0.191 e. The lowest BCUT2D eigenvalue weighted by Gasteiger charge is -2.20. The first kappa shape index (κ1) is 17.9. The number of aromatic nitrogens is 1. The molecule has 0 radical (unpaired) electrons.